The van der Waals surface area contributed by atoms with E-state index >= 15 is 0 Å². The number of nitrogens with two attached hydrogens (primary N) is 1. The summed E-state index contributed by atoms with van der Waals surface area (Å²) >= 11 is 0. The lowest BCUT2D eigenvalue weighted by atomic mass is 10.1. The van der Waals surface area contributed by atoms with E-state index in [4.69, 9.17) is 10.5 Å². The summed E-state index contributed by atoms with van der Waals surface area (Å²) in [7, 11) is 0. The number of nitrogens with zero attached hydrogens (tertiary/aromatic N) is 1. The Labute approximate surface area is 99.2 Å². The number of aromatic amines is 1. The van der Waals surface area contributed by atoms with E-state index in [0.717, 1.165) is 0 Å². The predicted octanol–water partition coefficient (Wildman–Crippen LogP) is -0.0186. The van der Waals surface area contributed by atoms with Crippen LogP contribution in [0.3, 0.4) is 0 Å². The van der Waals surface area contributed by atoms with Gasteiger partial charge in [-0.25, -0.2) is 4.98 Å². The van der Waals surface area contributed by atoms with Crippen LogP contribution in [-0.2, 0) is 16.0 Å². The van der Waals surface area contributed by atoms with Gasteiger partial charge in [-0.3, -0.25) is 9.59 Å². The summed E-state index contributed by atoms with van der Waals surface area (Å²) in [5.41, 5.74) is 5.30. The van der Waals surface area contributed by atoms with Crippen molar-refractivity contribution in [2.24, 2.45) is 5.73 Å². The summed E-state index contributed by atoms with van der Waals surface area (Å²) in [5.74, 6) is -0.500. The van der Waals surface area contributed by atoms with Crippen LogP contribution in [0, 0.1) is 0 Å². The number of H-pyrrole nitrogens is 1. The molecule has 6 heteroatoms. The lowest BCUT2D eigenvalue weighted by molar-refractivity contribution is -0.156. The molecule has 1 rings (SSSR count). The maximum absolute atomic E-state index is 11.6. The average molecular weight is 239 g/mol. The fourth-order valence-electron chi connectivity index (χ4n) is 1.21. The van der Waals surface area contributed by atoms with Crippen molar-refractivity contribution in [2.75, 3.05) is 0 Å². The van der Waals surface area contributed by atoms with Gasteiger partial charge in [0.1, 0.15) is 11.6 Å². The number of rotatable bonds is 3. The fourth-order valence-corrected chi connectivity index (χ4v) is 1.21. The van der Waals surface area contributed by atoms with Crippen molar-refractivity contribution in [1.82, 2.24) is 9.97 Å². The molecule has 0 saturated heterocycles. The number of ether oxygens (including phenoxy) is 1. The Hall–Kier alpha value is -1.69. The van der Waals surface area contributed by atoms with Crippen LogP contribution in [0.4, 0.5) is 0 Å². The van der Waals surface area contributed by atoms with Crippen molar-refractivity contribution in [3.63, 3.8) is 0 Å². The van der Waals surface area contributed by atoms with Gasteiger partial charge in [-0.15, -0.1) is 0 Å². The third-order valence-electron chi connectivity index (χ3n) is 1.87. The van der Waals surface area contributed by atoms with Crippen molar-refractivity contribution < 1.29 is 9.53 Å². The molecule has 0 fully saturated rings. The zero-order chi connectivity index (χ0) is 13.1. The summed E-state index contributed by atoms with van der Waals surface area (Å²) in [6.45, 7) is 5.30. The molecule has 1 unspecified atom stereocenters. The highest BCUT2D eigenvalue weighted by atomic mass is 16.6. The minimum absolute atomic E-state index is 0.179. The third kappa shape index (κ3) is 4.78. The molecule has 1 aromatic heterocycles. The molecule has 0 aliphatic heterocycles. The van der Waals surface area contributed by atoms with E-state index in [9.17, 15) is 9.59 Å². The van der Waals surface area contributed by atoms with Crippen LogP contribution >= 0.6 is 0 Å². The van der Waals surface area contributed by atoms with E-state index < -0.39 is 17.6 Å². The molecular formula is C11H17N3O3. The molecule has 1 atom stereocenters. The Balaban J connectivity index is 2.63. The first-order valence-corrected chi connectivity index (χ1v) is 5.30. The maximum Gasteiger partial charge on any atom is 0.323 e. The molecule has 0 amide bonds. The monoisotopic (exact) mass is 239 g/mol. The molecule has 3 N–H and O–H groups in total. The molecule has 94 valence electrons. The lowest BCUT2D eigenvalue weighted by Crippen LogP contribution is -2.39. The Morgan fingerprint density at radius 3 is 2.76 bits per heavy atom. The topological polar surface area (TPSA) is 98.1 Å². The van der Waals surface area contributed by atoms with Crippen LogP contribution in [-0.4, -0.2) is 27.6 Å². The van der Waals surface area contributed by atoms with E-state index in [1.54, 1.807) is 20.8 Å². The summed E-state index contributed by atoms with van der Waals surface area (Å²) in [4.78, 5) is 28.9. The number of aromatic nitrogens is 2. The number of carbonyl (C=O) groups excluding carboxylic acids is 1. The van der Waals surface area contributed by atoms with Gasteiger partial charge in [0, 0.05) is 18.2 Å². The number of hydrogen-bond donors (Lipinski definition) is 2. The molecule has 6 nitrogen and oxygen atoms in total. The van der Waals surface area contributed by atoms with Gasteiger partial charge in [0.2, 0.25) is 0 Å². The molecule has 0 aliphatic carbocycles. The van der Waals surface area contributed by atoms with E-state index in [2.05, 4.69) is 9.97 Å². The zero-order valence-electron chi connectivity index (χ0n) is 10.2. The standard InChI is InChI=1S/C11H17N3O3/c1-11(2,3)17-10(16)8(12)4-7-5-9(15)14-6-13-7/h5-6,8H,4,12H2,1-3H3,(H,13,14,15). The summed E-state index contributed by atoms with van der Waals surface area (Å²) in [6, 6.07) is 0.494. The number of carbonyl (C=O) groups is 1. The number of esters is 1. The van der Waals surface area contributed by atoms with Crippen molar-refractivity contribution in [3.8, 4) is 0 Å². The van der Waals surface area contributed by atoms with Crippen molar-refractivity contribution in [1.29, 1.82) is 0 Å². The highest BCUT2D eigenvalue weighted by molar-refractivity contribution is 5.76. The third-order valence-corrected chi connectivity index (χ3v) is 1.87. The molecule has 1 aromatic rings. The van der Waals surface area contributed by atoms with Gasteiger partial charge in [-0.2, -0.15) is 0 Å². The highest BCUT2D eigenvalue weighted by Gasteiger charge is 2.22. The second-order valence-corrected chi connectivity index (χ2v) is 4.75. The molecule has 0 bridgehead atoms. The first-order chi connectivity index (χ1) is 7.78. The second-order valence-electron chi connectivity index (χ2n) is 4.75. The van der Waals surface area contributed by atoms with Gasteiger partial charge in [0.15, 0.2) is 0 Å². The Morgan fingerprint density at radius 2 is 2.24 bits per heavy atom. The molecule has 0 spiro atoms. The second kappa shape index (κ2) is 5.09. The van der Waals surface area contributed by atoms with Gasteiger partial charge in [0.05, 0.1) is 6.33 Å². The SMILES string of the molecule is CC(C)(C)OC(=O)C(N)Cc1cc(=O)[nH]cn1. The van der Waals surface area contributed by atoms with Crippen LogP contribution in [0.15, 0.2) is 17.2 Å². The summed E-state index contributed by atoms with van der Waals surface area (Å²) < 4.78 is 5.12. The minimum atomic E-state index is -0.816. The molecule has 0 aromatic carbocycles. The highest BCUT2D eigenvalue weighted by Crippen LogP contribution is 2.09. The zero-order valence-corrected chi connectivity index (χ0v) is 10.2. The van der Waals surface area contributed by atoms with Crippen LogP contribution in [0.2, 0.25) is 0 Å². The molecule has 0 radical (unpaired) electrons. The van der Waals surface area contributed by atoms with E-state index in [0.29, 0.717) is 5.69 Å². The fraction of sp³-hybridized carbons (Fsp3) is 0.545. The van der Waals surface area contributed by atoms with Crippen LogP contribution in [0.5, 0.6) is 0 Å². The van der Waals surface area contributed by atoms with Gasteiger partial charge >= 0.3 is 5.97 Å². The van der Waals surface area contributed by atoms with Crippen LogP contribution < -0.4 is 11.3 Å². The van der Waals surface area contributed by atoms with Crippen LogP contribution in [0.25, 0.3) is 0 Å². The Morgan fingerprint density at radius 1 is 1.59 bits per heavy atom. The lowest BCUT2D eigenvalue weighted by Gasteiger charge is -2.21. The molecule has 0 aliphatic rings. The summed E-state index contributed by atoms with van der Waals surface area (Å²) in [5, 5.41) is 0. The van der Waals surface area contributed by atoms with Gasteiger partial charge in [-0.1, -0.05) is 0 Å². The molecule has 0 saturated carbocycles. The van der Waals surface area contributed by atoms with E-state index in [1.807, 2.05) is 0 Å². The molecule has 1 heterocycles. The molecular weight excluding hydrogens is 222 g/mol. The predicted molar refractivity (Wildman–Crippen MR) is 62.4 cm³/mol. The van der Waals surface area contributed by atoms with Crippen molar-refractivity contribution in [3.05, 3.63) is 28.4 Å². The van der Waals surface area contributed by atoms with Crippen molar-refractivity contribution in [2.45, 2.75) is 38.8 Å². The van der Waals surface area contributed by atoms with Crippen LogP contribution in [0.1, 0.15) is 26.5 Å². The Kier molecular flexibility index (Phi) is 4.01. The van der Waals surface area contributed by atoms with Gasteiger partial charge in [0.25, 0.3) is 5.56 Å². The van der Waals surface area contributed by atoms with Gasteiger partial charge in [-0.05, 0) is 20.8 Å². The van der Waals surface area contributed by atoms with Gasteiger partial charge < -0.3 is 15.5 Å². The maximum atomic E-state index is 11.6. The summed E-state index contributed by atoms with van der Waals surface area (Å²) in [6.07, 6.45) is 1.46. The number of hydrogen-bond acceptors (Lipinski definition) is 5. The first kappa shape index (κ1) is 13.4. The van der Waals surface area contributed by atoms with Crippen molar-refractivity contribution >= 4 is 5.97 Å². The quantitative estimate of drug-likeness (QED) is 0.722. The smallest absolute Gasteiger partial charge is 0.323 e. The minimum Gasteiger partial charge on any atom is -0.459 e. The molecule has 17 heavy (non-hydrogen) atoms. The van der Waals surface area contributed by atoms with E-state index in [1.165, 1.54) is 12.4 Å². The normalized spacial score (nSPS) is 13.2. The van der Waals surface area contributed by atoms with E-state index in [-0.39, 0.29) is 12.0 Å². The first-order valence-electron chi connectivity index (χ1n) is 5.30. The number of nitrogens with one attached hydrogen (secondary N) is 1. The Bertz CT molecular complexity index is 448. The largest absolute Gasteiger partial charge is 0.459 e. The average Bonchev–Trinajstić information content (AvgIpc) is 2.14.